The van der Waals surface area contributed by atoms with Gasteiger partial charge in [0, 0.05) is 24.2 Å². The van der Waals surface area contributed by atoms with Crippen LogP contribution in [0.1, 0.15) is 33.3 Å². The average Bonchev–Trinajstić information content (AvgIpc) is 2.35. The van der Waals surface area contributed by atoms with Crippen LogP contribution in [-0.2, 0) is 6.54 Å². The summed E-state index contributed by atoms with van der Waals surface area (Å²) in [6.45, 7) is 9.44. The van der Waals surface area contributed by atoms with Crippen LogP contribution in [0.2, 0.25) is 0 Å². The predicted molar refractivity (Wildman–Crippen MR) is 96.2 cm³/mol. The van der Waals surface area contributed by atoms with E-state index >= 15 is 0 Å². The molecule has 0 aliphatic heterocycles. The molecule has 118 valence electrons. The van der Waals surface area contributed by atoms with Gasteiger partial charge >= 0.3 is 0 Å². The lowest BCUT2D eigenvalue weighted by Crippen LogP contribution is -2.47. The van der Waals surface area contributed by atoms with E-state index in [9.17, 15) is 10.1 Å². The molecule has 0 aromatic heterocycles. The maximum absolute atomic E-state index is 10.6. The average molecular weight is 406 g/mol. The summed E-state index contributed by atoms with van der Waals surface area (Å²) >= 11 is 0. The predicted octanol–water partition coefficient (Wildman–Crippen LogP) is 3.07. The van der Waals surface area contributed by atoms with Crippen molar-refractivity contribution in [2.75, 3.05) is 6.54 Å². The topological polar surface area (TPSA) is 79.6 Å². The minimum absolute atomic E-state index is 0. The van der Waals surface area contributed by atoms with Crippen LogP contribution in [-0.4, -0.2) is 23.0 Å². The van der Waals surface area contributed by atoms with Gasteiger partial charge in [-0.2, -0.15) is 0 Å². The van der Waals surface area contributed by atoms with Crippen LogP contribution < -0.4 is 10.6 Å². The van der Waals surface area contributed by atoms with Crippen molar-refractivity contribution in [1.82, 2.24) is 10.6 Å². The number of non-ortho nitro benzene ring substituents is 1. The number of nitro benzene ring substituents is 1. The third-order valence-corrected chi connectivity index (χ3v) is 2.40. The maximum Gasteiger partial charge on any atom is 0.269 e. The monoisotopic (exact) mass is 406 g/mol. The number of nitrogens with one attached hydrogen (secondary N) is 2. The quantitative estimate of drug-likeness (QED) is 0.265. The standard InChI is InChI=1S/C14H22N4O2.HI/c1-5-15-13(17-14(2,3)4)16-10-11-6-8-12(9-7-11)18(19)20;/h6-9H,5,10H2,1-4H3,(H2,15,16,17);1H. The first-order valence-electron chi connectivity index (χ1n) is 6.61. The zero-order valence-corrected chi connectivity index (χ0v) is 15.2. The summed E-state index contributed by atoms with van der Waals surface area (Å²) in [7, 11) is 0. The number of hydrogen-bond acceptors (Lipinski definition) is 3. The number of nitro groups is 1. The molecule has 0 radical (unpaired) electrons. The highest BCUT2D eigenvalue weighted by Gasteiger charge is 2.11. The fourth-order valence-corrected chi connectivity index (χ4v) is 1.56. The summed E-state index contributed by atoms with van der Waals surface area (Å²) in [5.41, 5.74) is 0.954. The molecule has 1 aromatic carbocycles. The second kappa shape index (κ2) is 8.81. The Labute approximate surface area is 142 Å². The van der Waals surface area contributed by atoms with Crippen LogP contribution >= 0.6 is 24.0 Å². The minimum atomic E-state index is -0.404. The Bertz CT molecular complexity index is 481. The maximum atomic E-state index is 10.6. The highest BCUT2D eigenvalue weighted by Crippen LogP contribution is 2.12. The van der Waals surface area contributed by atoms with Crippen molar-refractivity contribution in [2.24, 2.45) is 4.99 Å². The van der Waals surface area contributed by atoms with Gasteiger partial charge in [0.15, 0.2) is 5.96 Å². The Morgan fingerprint density at radius 1 is 1.29 bits per heavy atom. The Morgan fingerprint density at radius 2 is 1.86 bits per heavy atom. The number of hydrogen-bond donors (Lipinski definition) is 2. The van der Waals surface area contributed by atoms with Crippen molar-refractivity contribution in [3.63, 3.8) is 0 Å². The highest BCUT2D eigenvalue weighted by molar-refractivity contribution is 14.0. The molecule has 1 rings (SSSR count). The molecule has 0 spiro atoms. The smallest absolute Gasteiger partial charge is 0.269 e. The van der Waals surface area contributed by atoms with E-state index in [2.05, 4.69) is 36.4 Å². The van der Waals surface area contributed by atoms with Gasteiger partial charge in [-0.15, -0.1) is 24.0 Å². The second-order valence-electron chi connectivity index (χ2n) is 5.49. The van der Waals surface area contributed by atoms with E-state index in [0.29, 0.717) is 6.54 Å². The third kappa shape index (κ3) is 7.84. The molecule has 0 heterocycles. The summed E-state index contributed by atoms with van der Waals surface area (Å²) in [5.74, 6) is 0.735. The molecule has 0 bridgehead atoms. The molecule has 0 fully saturated rings. The molecule has 2 N–H and O–H groups in total. The zero-order chi connectivity index (χ0) is 15.2. The second-order valence-corrected chi connectivity index (χ2v) is 5.49. The van der Waals surface area contributed by atoms with Crippen molar-refractivity contribution in [3.8, 4) is 0 Å². The SMILES string of the molecule is CCNC(=NCc1ccc([N+](=O)[O-])cc1)NC(C)(C)C.I. The molecule has 1 aromatic rings. The zero-order valence-electron chi connectivity index (χ0n) is 12.8. The van der Waals surface area contributed by atoms with Crippen LogP contribution in [0.5, 0.6) is 0 Å². The highest BCUT2D eigenvalue weighted by atomic mass is 127. The Balaban J connectivity index is 0.00000400. The fourth-order valence-electron chi connectivity index (χ4n) is 1.56. The lowest BCUT2D eigenvalue weighted by molar-refractivity contribution is -0.384. The number of aliphatic imine (C=N–C) groups is 1. The van der Waals surface area contributed by atoms with E-state index in [1.165, 1.54) is 12.1 Å². The lowest BCUT2D eigenvalue weighted by atomic mass is 10.1. The van der Waals surface area contributed by atoms with Crippen LogP contribution in [0.15, 0.2) is 29.3 Å². The van der Waals surface area contributed by atoms with Crippen LogP contribution in [0.25, 0.3) is 0 Å². The number of rotatable bonds is 4. The van der Waals surface area contributed by atoms with Crippen LogP contribution in [0.4, 0.5) is 5.69 Å². The molecule has 0 aliphatic carbocycles. The number of nitrogens with zero attached hydrogens (tertiary/aromatic N) is 2. The van der Waals surface area contributed by atoms with E-state index in [1.54, 1.807) is 12.1 Å². The van der Waals surface area contributed by atoms with Gasteiger partial charge in [-0.05, 0) is 33.3 Å². The molecule has 0 amide bonds. The molecular formula is C14H23IN4O2. The number of halogens is 1. The van der Waals surface area contributed by atoms with Crippen LogP contribution in [0.3, 0.4) is 0 Å². The number of guanidine groups is 1. The largest absolute Gasteiger partial charge is 0.357 e. The normalized spacial score (nSPS) is 11.5. The first-order valence-corrected chi connectivity index (χ1v) is 6.61. The molecule has 0 saturated carbocycles. The van der Waals surface area contributed by atoms with E-state index in [1.807, 2.05) is 6.92 Å². The van der Waals surface area contributed by atoms with Crippen LogP contribution in [0, 0.1) is 10.1 Å². The third-order valence-electron chi connectivity index (χ3n) is 2.40. The van der Waals surface area contributed by atoms with Crippen molar-refractivity contribution in [1.29, 1.82) is 0 Å². The molecule has 0 unspecified atom stereocenters. The van der Waals surface area contributed by atoms with Gasteiger partial charge in [-0.1, -0.05) is 12.1 Å². The Morgan fingerprint density at radius 3 is 2.29 bits per heavy atom. The van der Waals surface area contributed by atoms with Gasteiger partial charge in [-0.25, -0.2) is 4.99 Å². The summed E-state index contributed by atoms with van der Waals surface area (Å²) < 4.78 is 0. The molecule has 0 aliphatic rings. The van der Waals surface area contributed by atoms with E-state index in [4.69, 9.17) is 0 Å². The van der Waals surface area contributed by atoms with Gasteiger partial charge in [-0.3, -0.25) is 10.1 Å². The van der Waals surface area contributed by atoms with Gasteiger partial charge in [0.2, 0.25) is 0 Å². The summed E-state index contributed by atoms with van der Waals surface area (Å²) in [6.07, 6.45) is 0. The van der Waals surface area contributed by atoms with Crippen molar-refractivity contribution < 1.29 is 4.92 Å². The van der Waals surface area contributed by atoms with Gasteiger partial charge in [0.25, 0.3) is 5.69 Å². The van der Waals surface area contributed by atoms with E-state index < -0.39 is 4.92 Å². The molecule has 0 atom stereocenters. The van der Waals surface area contributed by atoms with Gasteiger partial charge in [0.05, 0.1) is 11.5 Å². The van der Waals surface area contributed by atoms with Gasteiger partial charge in [0.1, 0.15) is 0 Å². The molecule has 6 nitrogen and oxygen atoms in total. The van der Waals surface area contributed by atoms with Crippen molar-refractivity contribution in [3.05, 3.63) is 39.9 Å². The van der Waals surface area contributed by atoms with Crippen molar-refractivity contribution in [2.45, 2.75) is 39.8 Å². The first kappa shape index (κ1) is 19.6. The Hall–Kier alpha value is -1.38. The van der Waals surface area contributed by atoms with E-state index in [-0.39, 0.29) is 35.2 Å². The van der Waals surface area contributed by atoms with Gasteiger partial charge < -0.3 is 10.6 Å². The Kier molecular flexibility index (Phi) is 8.23. The summed E-state index contributed by atoms with van der Waals surface area (Å²) in [4.78, 5) is 14.6. The minimum Gasteiger partial charge on any atom is -0.357 e. The molecular weight excluding hydrogens is 383 g/mol. The summed E-state index contributed by atoms with van der Waals surface area (Å²) in [5, 5.41) is 17.0. The molecule has 21 heavy (non-hydrogen) atoms. The molecule has 0 saturated heterocycles. The van der Waals surface area contributed by atoms with E-state index in [0.717, 1.165) is 18.1 Å². The summed E-state index contributed by atoms with van der Waals surface area (Å²) in [6, 6.07) is 6.44. The molecule has 7 heteroatoms. The lowest BCUT2D eigenvalue weighted by Gasteiger charge is -2.23. The fraction of sp³-hybridized carbons (Fsp3) is 0.500. The first-order chi connectivity index (χ1) is 9.31. The van der Waals surface area contributed by atoms with Crippen molar-refractivity contribution >= 4 is 35.6 Å². The number of benzene rings is 1.